The summed E-state index contributed by atoms with van der Waals surface area (Å²) in [5.41, 5.74) is 10.1. The van der Waals surface area contributed by atoms with E-state index in [1.54, 1.807) is 12.3 Å². The molecule has 9 heteroatoms. The number of pyridine rings is 1. The van der Waals surface area contributed by atoms with Gasteiger partial charge in [0.1, 0.15) is 0 Å². The second kappa shape index (κ2) is 10.1. The number of anilines is 2. The first kappa shape index (κ1) is 26.9. The molecule has 0 spiro atoms. The number of sulfonamides is 1. The zero-order valence-electron chi connectivity index (χ0n) is 23.0. The van der Waals surface area contributed by atoms with E-state index in [0.29, 0.717) is 10.8 Å². The van der Waals surface area contributed by atoms with Crippen LogP contribution in [0, 0.1) is 34.6 Å². The summed E-state index contributed by atoms with van der Waals surface area (Å²) in [6.07, 6.45) is 2.95. The van der Waals surface area contributed by atoms with E-state index in [1.165, 1.54) is 11.1 Å². The number of nitrogens with zero attached hydrogens (tertiary/aromatic N) is 3. The van der Waals surface area contributed by atoms with Crippen molar-refractivity contribution in [1.29, 1.82) is 0 Å². The van der Waals surface area contributed by atoms with Crippen LogP contribution in [0.3, 0.4) is 0 Å². The van der Waals surface area contributed by atoms with E-state index in [0.717, 1.165) is 45.8 Å². The van der Waals surface area contributed by atoms with E-state index in [4.69, 9.17) is 12.2 Å². The minimum atomic E-state index is -3.39. The maximum absolute atomic E-state index is 11.9. The largest absolute Gasteiger partial charge is 0.351 e. The fourth-order valence-corrected chi connectivity index (χ4v) is 6.60. The highest BCUT2D eigenvalue weighted by atomic mass is 32.2. The molecule has 202 valence electrons. The Morgan fingerprint density at radius 1 is 0.923 bits per heavy atom. The number of hydrogen-bond donors (Lipinski definition) is 2. The van der Waals surface area contributed by atoms with Gasteiger partial charge in [-0.15, -0.1) is 0 Å². The lowest BCUT2D eigenvalue weighted by molar-refractivity contribution is 0.565. The van der Waals surface area contributed by atoms with Crippen LogP contribution in [0.15, 0.2) is 66.9 Å². The number of rotatable bonds is 6. The van der Waals surface area contributed by atoms with E-state index in [1.807, 2.05) is 37.3 Å². The predicted octanol–water partition coefficient (Wildman–Crippen LogP) is 5.96. The van der Waals surface area contributed by atoms with Crippen molar-refractivity contribution in [2.75, 3.05) is 15.9 Å². The molecule has 1 aliphatic heterocycles. The quantitative estimate of drug-likeness (QED) is 0.284. The molecule has 0 radical (unpaired) electrons. The molecule has 1 saturated heterocycles. The number of benzene rings is 2. The minimum absolute atomic E-state index is 0.175. The standard InChI is InChI=1S/C30H33N5O2S2/c1-18-13-19(2)15-24(14-18)34-21(4)17-25(22(34)5)29-28(27-9-7-8-12-31-27)32-30(38)35(29)23-10-11-26(20(3)16-23)33-39(6,36)37/h7-17,28-29,33H,1-6H3,(H,32,38)/t28-,29+/m0/s1. The smallest absolute Gasteiger partial charge is 0.229 e. The summed E-state index contributed by atoms with van der Waals surface area (Å²) < 4.78 is 28.6. The van der Waals surface area contributed by atoms with E-state index in [9.17, 15) is 8.42 Å². The number of aromatic nitrogens is 2. The first-order chi connectivity index (χ1) is 18.4. The molecule has 7 nitrogen and oxygen atoms in total. The third-order valence-corrected chi connectivity index (χ3v) is 8.04. The van der Waals surface area contributed by atoms with Gasteiger partial charge in [-0.3, -0.25) is 9.71 Å². The topological polar surface area (TPSA) is 79.3 Å². The average molecular weight is 560 g/mol. The minimum Gasteiger partial charge on any atom is -0.351 e. The Balaban J connectivity index is 1.66. The zero-order valence-corrected chi connectivity index (χ0v) is 24.6. The molecular weight excluding hydrogens is 526 g/mol. The Morgan fingerprint density at radius 2 is 1.64 bits per heavy atom. The number of thiocarbonyl (C=S) groups is 1. The van der Waals surface area contributed by atoms with E-state index in [2.05, 4.69) is 76.5 Å². The van der Waals surface area contributed by atoms with Gasteiger partial charge in [0, 0.05) is 29.0 Å². The van der Waals surface area contributed by atoms with Crippen LogP contribution in [0.5, 0.6) is 0 Å². The van der Waals surface area contributed by atoms with Crippen molar-refractivity contribution in [3.8, 4) is 5.69 Å². The molecule has 39 heavy (non-hydrogen) atoms. The molecule has 1 aliphatic rings. The fourth-order valence-electron chi connectivity index (χ4n) is 5.63. The van der Waals surface area contributed by atoms with Gasteiger partial charge in [-0.05, 0) is 118 Å². The Bertz CT molecular complexity index is 1660. The summed E-state index contributed by atoms with van der Waals surface area (Å²) in [6, 6.07) is 20.1. The van der Waals surface area contributed by atoms with Gasteiger partial charge in [0.2, 0.25) is 10.0 Å². The Kier molecular flexibility index (Phi) is 6.99. The van der Waals surface area contributed by atoms with E-state index >= 15 is 0 Å². The van der Waals surface area contributed by atoms with Crippen molar-refractivity contribution in [2.45, 2.75) is 46.7 Å². The van der Waals surface area contributed by atoms with Crippen LogP contribution in [0.1, 0.15) is 51.4 Å². The van der Waals surface area contributed by atoms with Crippen LogP contribution in [0.4, 0.5) is 11.4 Å². The first-order valence-electron chi connectivity index (χ1n) is 12.8. The van der Waals surface area contributed by atoms with Crippen LogP contribution in [0.2, 0.25) is 0 Å². The number of aryl methyl sites for hydroxylation is 4. The highest BCUT2D eigenvalue weighted by Gasteiger charge is 2.42. The zero-order chi connectivity index (χ0) is 28.1. The molecular formula is C30H33N5O2S2. The Morgan fingerprint density at radius 3 is 2.26 bits per heavy atom. The Hall–Kier alpha value is -3.69. The normalized spacial score (nSPS) is 17.4. The van der Waals surface area contributed by atoms with Gasteiger partial charge in [-0.25, -0.2) is 8.42 Å². The number of hydrogen-bond acceptors (Lipinski definition) is 4. The van der Waals surface area contributed by atoms with Crippen molar-refractivity contribution in [3.05, 3.63) is 106 Å². The van der Waals surface area contributed by atoms with Gasteiger partial charge in [0.05, 0.1) is 29.7 Å². The van der Waals surface area contributed by atoms with Crippen LogP contribution in [0.25, 0.3) is 5.69 Å². The van der Waals surface area contributed by atoms with Gasteiger partial charge in [-0.2, -0.15) is 0 Å². The SMILES string of the molecule is Cc1cc(C)cc(-n2c(C)cc([C@@H]3[C@H](c4ccccn4)NC(=S)N3c3ccc(NS(C)(=O)=O)c(C)c3)c2C)c1. The van der Waals surface area contributed by atoms with Gasteiger partial charge < -0.3 is 14.8 Å². The summed E-state index contributed by atoms with van der Waals surface area (Å²) in [5.74, 6) is 0. The molecule has 4 aromatic rings. The lowest BCUT2D eigenvalue weighted by Crippen LogP contribution is -2.29. The molecule has 2 aromatic heterocycles. The van der Waals surface area contributed by atoms with Crippen molar-refractivity contribution >= 4 is 38.7 Å². The second-order valence-electron chi connectivity index (χ2n) is 10.4. The molecule has 2 N–H and O–H groups in total. The van der Waals surface area contributed by atoms with E-state index < -0.39 is 10.0 Å². The van der Waals surface area contributed by atoms with Crippen molar-refractivity contribution in [3.63, 3.8) is 0 Å². The molecule has 2 atom stereocenters. The third kappa shape index (κ3) is 5.29. The highest BCUT2D eigenvalue weighted by molar-refractivity contribution is 7.92. The van der Waals surface area contributed by atoms with Crippen molar-refractivity contribution < 1.29 is 8.42 Å². The summed E-state index contributed by atoms with van der Waals surface area (Å²) in [5, 5.41) is 4.12. The van der Waals surface area contributed by atoms with Crippen molar-refractivity contribution in [2.24, 2.45) is 0 Å². The first-order valence-corrected chi connectivity index (χ1v) is 15.1. The molecule has 0 unspecified atom stereocenters. The average Bonchev–Trinajstić information content (AvgIpc) is 3.34. The molecule has 0 amide bonds. The second-order valence-corrected chi connectivity index (χ2v) is 12.5. The van der Waals surface area contributed by atoms with Crippen LogP contribution in [-0.4, -0.2) is 29.3 Å². The molecule has 5 rings (SSSR count). The Labute approximate surface area is 235 Å². The van der Waals surface area contributed by atoms with E-state index in [-0.39, 0.29) is 12.1 Å². The molecule has 0 saturated carbocycles. The maximum Gasteiger partial charge on any atom is 0.229 e. The molecule has 1 fully saturated rings. The fraction of sp³-hybridized carbons (Fsp3) is 0.267. The van der Waals surface area contributed by atoms with Gasteiger partial charge in [-0.1, -0.05) is 12.1 Å². The molecule has 0 aliphatic carbocycles. The summed E-state index contributed by atoms with van der Waals surface area (Å²) in [4.78, 5) is 6.80. The monoisotopic (exact) mass is 559 g/mol. The van der Waals surface area contributed by atoms with Crippen LogP contribution >= 0.6 is 12.2 Å². The van der Waals surface area contributed by atoms with Crippen LogP contribution < -0.4 is 14.9 Å². The van der Waals surface area contributed by atoms with Gasteiger partial charge in [0.25, 0.3) is 0 Å². The lowest BCUT2D eigenvalue weighted by atomic mass is 9.96. The third-order valence-electron chi connectivity index (χ3n) is 7.14. The lowest BCUT2D eigenvalue weighted by Gasteiger charge is -2.29. The summed E-state index contributed by atoms with van der Waals surface area (Å²) in [6.45, 7) is 10.4. The molecule has 2 aromatic carbocycles. The summed E-state index contributed by atoms with van der Waals surface area (Å²) in [7, 11) is -3.39. The number of nitrogens with one attached hydrogen (secondary N) is 2. The summed E-state index contributed by atoms with van der Waals surface area (Å²) >= 11 is 5.92. The molecule has 0 bridgehead atoms. The van der Waals surface area contributed by atoms with Crippen molar-refractivity contribution in [1.82, 2.24) is 14.9 Å². The van der Waals surface area contributed by atoms with Gasteiger partial charge >= 0.3 is 0 Å². The molecule has 3 heterocycles. The highest BCUT2D eigenvalue weighted by Crippen LogP contribution is 2.44. The maximum atomic E-state index is 11.9. The van der Waals surface area contributed by atoms with Crippen LogP contribution in [-0.2, 0) is 10.0 Å². The predicted molar refractivity (Wildman–Crippen MR) is 162 cm³/mol. The van der Waals surface area contributed by atoms with Gasteiger partial charge in [0.15, 0.2) is 5.11 Å².